The Labute approximate surface area is 131 Å². The van der Waals surface area contributed by atoms with Crippen LogP contribution in [0.5, 0.6) is 0 Å². The standard InChI is InChI=1S/C13H17N3O7/c1-13(2,3)23-12(22)14-7-5-15-4-6(10(18)19)8(11(20)21)16(15)9(7)17/h7H,4-5H2,1-3H3,(H,14,22)(H,18,19)(H,20,21)/t7-/m0/s1. The minimum Gasteiger partial charge on any atom is -0.478 e. The highest BCUT2D eigenvalue weighted by molar-refractivity contribution is 6.04. The van der Waals surface area contributed by atoms with Crippen molar-refractivity contribution in [2.24, 2.45) is 0 Å². The summed E-state index contributed by atoms with van der Waals surface area (Å²) in [6.45, 7) is 4.72. The second-order valence-corrected chi connectivity index (χ2v) is 6.13. The highest BCUT2D eigenvalue weighted by atomic mass is 16.6. The fourth-order valence-electron chi connectivity index (χ4n) is 2.38. The van der Waals surface area contributed by atoms with Crippen LogP contribution in [0, 0.1) is 0 Å². The van der Waals surface area contributed by atoms with Crippen molar-refractivity contribution in [1.29, 1.82) is 0 Å². The Kier molecular flexibility index (Phi) is 4.03. The molecule has 1 fully saturated rings. The van der Waals surface area contributed by atoms with Crippen molar-refractivity contribution >= 4 is 23.9 Å². The fraction of sp³-hybridized carbons (Fsp3) is 0.538. The third-order valence-corrected chi connectivity index (χ3v) is 3.17. The van der Waals surface area contributed by atoms with Crippen molar-refractivity contribution in [3.05, 3.63) is 11.3 Å². The molecule has 0 radical (unpaired) electrons. The van der Waals surface area contributed by atoms with Gasteiger partial charge in [-0.1, -0.05) is 0 Å². The summed E-state index contributed by atoms with van der Waals surface area (Å²) in [5, 5.41) is 22.6. The number of aliphatic carboxylic acids is 2. The summed E-state index contributed by atoms with van der Waals surface area (Å²) in [7, 11) is 0. The Morgan fingerprint density at radius 3 is 2.30 bits per heavy atom. The van der Waals surface area contributed by atoms with Gasteiger partial charge in [-0.05, 0) is 20.8 Å². The van der Waals surface area contributed by atoms with E-state index in [1.165, 1.54) is 5.01 Å². The molecule has 0 aromatic rings. The first kappa shape index (κ1) is 16.7. The monoisotopic (exact) mass is 327 g/mol. The van der Waals surface area contributed by atoms with Gasteiger partial charge in [0.15, 0.2) is 5.70 Å². The smallest absolute Gasteiger partial charge is 0.408 e. The molecule has 10 nitrogen and oxygen atoms in total. The minimum absolute atomic E-state index is 0.0361. The lowest BCUT2D eigenvalue weighted by molar-refractivity contribution is -0.143. The number of carboxylic acids is 2. The highest BCUT2D eigenvalue weighted by Crippen LogP contribution is 2.29. The molecule has 1 saturated heterocycles. The van der Waals surface area contributed by atoms with Crippen molar-refractivity contribution in [2.45, 2.75) is 32.4 Å². The molecule has 0 aliphatic carbocycles. The number of alkyl carbamates (subject to hydrolysis) is 1. The molecule has 0 saturated carbocycles. The number of nitrogens with zero attached hydrogens (tertiary/aromatic N) is 2. The first-order valence-corrected chi connectivity index (χ1v) is 6.79. The Hall–Kier alpha value is -2.62. The lowest BCUT2D eigenvalue weighted by Crippen LogP contribution is -2.45. The molecule has 3 N–H and O–H groups in total. The molecule has 2 aliphatic heterocycles. The molecular weight excluding hydrogens is 310 g/mol. The lowest BCUT2D eigenvalue weighted by atomic mass is 10.2. The van der Waals surface area contributed by atoms with Crippen LogP contribution in [0.3, 0.4) is 0 Å². The number of fused-ring (bicyclic) bond motifs is 1. The van der Waals surface area contributed by atoms with Crippen molar-refractivity contribution < 1.29 is 34.1 Å². The number of hydrogen-bond acceptors (Lipinski definition) is 6. The van der Waals surface area contributed by atoms with E-state index in [1.54, 1.807) is 20.8 Å². The van der Waals surface area contributed by atoms with Gasteiger partial charge >= 0.3 is 18.0 Å². The summed E-state index contributed by atoms with van der Waals surface area (Å²) in [5.41, 5.74) is -1.72. The normalized spacial score (nSPS) is 21.4. The second-order valence-electron chi connectivity index (χ2n) is 6.13. The third kappa shape index (κ3) is 3.26. The van der Waals surface area contributed by atoms with Gasteiger partial charge in [0.2, 0.25) is 0 Å². The van der Waals surface area contributed by atoms with Crippen LogP contribution in [0.1, 0.15) is 20.8 Å². The van der Waals surface area contributed by atoms with Crippen molar-refractivity contribution in [3.8, 4) is 0 Å². The van der Waals surface area contributed by atoms with E-state index in [0.29, 0.717) is 0 Å². The number of amides is 2. The minimum atomic E-state index is -1.52. The lowest BCUT2D eigenvalue weighted by Gasteiger charge is -2.21. The van der Waals surface area contributed by atoms with Crippen LogP contribution in [0.25, 0.3) is 0 Å². The number of hydrazine groups is 1. The summed E-state index contributed by atoms with van der Waals surface area (Å²) >= 11 is 0. The van der Waals surface area contributed by atoms with Gasteiger partial charge in [0.25, 0.3) is 5.91 Å². The van der Waals surface area contributed by atoms with Crippen LogP contribution in [0.4, 0.5) is 4.79 Å². The van der Waals surface area contributed by atoms with E-state index >= 15 is 0 Å². The maximum Gasteiger partial charge on any atom is 0.408 e. The quantitative estimate of drug-likeness (QED) is 0.623. The Balaban J connectivity index is 2.16. The predicted octanol–water partition coefficient (Wildman–Crippen LogP) is -0.624. The van der Waals surface area contributed by atoms with Crippen molar-refractivity contribution in [3.63, 3.8) is 0 Å². The summed E-state index contributed by atoms with van der Waals surface area (Å²) in [6.07, 6.45) is -0.808. The number of carbonyl (C=O) groups is 4. The Morgan fingerprint density at radius 1 is 1.22 bits per heavy atom. The number of ether oxygens (including phenoxy) is 1. The SMILES string of the molecule is CC(C)(C)OC(=O)N[C@H]1CN2CC(C(=O)O)=C(C(=O)O)N2C1=O. The van der Waals surface area contributed by atoms with Gasteiger partial charge in [-0.2, -0.15) is 0 Å². The van der Waals surface area contributed by atoms with Crippen LogP contribution < -0.4 is 5.32 Å². The van der Waals surface area contributed by atoms with Gasteiger partial charge in [0.1, 0.15) is 11.6 Å². The molecule has 2 heterocycles. The van der Waals surface area contributed by atoms with E-state index in [-0.39, 0.29) is 18.7 Å². The van der Waals surface area contributed by atoms with Crippen molar-refractivity contribution in [1.82, 2.24) is 15.3 Å². The molecular formula is C13H17N3O7. The van der Waals surface area contributed by atoms with E-state index in [1.807, 2.05) is 0 Å². The molecule has 0 bridgehead atoms. The molecule has 2 rings (SSSR count). The first-order valence-electron chi connectivity index (χ1n) is 6.79. The predicted molar refractivity (Wildman–Crippen MR) is 73.9 cm³/mol. The molecule has 1 atom stereocenters. The molecule has 126 valence electrons. The third-order valence-electron chi connectivity index (χ3n) is 3.17. The van der Waals surface area contributed by atoms with Gasteiger partial charge in [-0.15, -0.1) is 0 Å². The molecule has 0 unspecified atom stereocenters. The molecule has 0 spiro atoms. The highest BCUT2D eigenvalue weighted by Gasteiger charge is 2.49. The molecule has 2 aliphatic rings. The van der Waals surface area contributed by atoms with Crippen LogP contribution >= 0.6 is 0 Å². The van der Waals surface area contributed by atoms with Gasteiger partial charge in [-0.25, -0.2) is 24.4 Å². The summed E-state index contributed by atoms with van der Waals surface area (Å²) in [6, 6.07) is -1.01. The molecule has 2 amide bonds. The second kappa shape index (κ2) is 5.54. The van der Waals surface area contributed by atoms with Crippen LogP contribution in [-0.2, 0) is 19.1 Å². The van der Waals surface area contributed by atoms with E-state index in [0.717, 1.165) is 5.01 Å². The zero-order chi connectivity index (χ0) is 17.5. The van der Waals surface area contributed by atoms with E-state index in [9.17, 15) is 19.2 Å². The summed E-state index contributed by atoms with van der Waals surface area (Å²) in [5.74, 6) is -3.64. The average molecular weight is 327 g/mol. The summed E-state index contributed by atoms with van der Waals surface area (Å²) < 4.78 is 5.04. The van der Waals surface area contributed by atoms with Crippen LogP contribution in [-0.4, -0.2) is 68.9 Å². The number of carboxylic acid groups (broad SMARTS) is 2. The van der Waals surface area contributed by atoms with Crippen LogP contribution in [0.2, 0.25) is 0 Å². The maximum absolute atomic E-state index is 12.3. The topological polar surface area (TPSA) is 136 Å². The van der Waals surface area contributed by atoms with Gasteiger partial charge < -0.3 is 20.3 Å². The maximum atomic E-state index is 12.3. The Morgan fingerprint density at radius 2 is 1.83 bits per heavy atom. The van der Waals surface area contributed by atoms with Gasteiger partial charge in [0, 0.05) is 6.54 Å². The van der Waals surface area contributed by atoms with Crippen LogP contribution in [0.15, 0.2) is 11.3 Å². The van der Waals surface area contributed by atoms with Gasteiger partial charge in [-0.3, -0.25) is 4.79 Å². The fourth-order valence-corrected chi connectivity index (χ4v) is 2.38. The molecule has 10 heteroatoms. The Bertz CT molecular complexity index is 620. The first-order chi connectivity index (χ1) is 10.5. The number of carbonyl (C=O) groups excluding carboxylic acids is 2. The van der Waals surface area contributed by atoms with Crippen molar-refractivity contribution in [2.75, 3.05) is 13.1 Å². The molecule has 0 aromatic heterocycles. The largest absolute Gasteiger partial charge is 0.478 e. The average Bonchev–Trinajstić information content (AvgIpc) is 2.85. The van der Waals surface area contributed by atoms with E-state index in [4.69, 9.17) is 14.9 Å². The number of nitrogens with one attached hydrogen (secondary N) is 1. The zero-order valence-corrected chi connectivity index (χ0v) is 12.8. The summed E-state index contributed by atoms with van der Waals surface area (Å²) in [4.78, 5) is 46.4. The number of hydrogen-bond donors (Lipinski definition) is 3. The van der Waals surface area contributed by atoms with E-state index in [2.05, 4.69) is 5.32 Å². The van der Waals surface area contributed by atoms with E-state index < -0.39 is 41.3 Å². The zero-order valence-electron chi connectivity index (χ0n) is 12.8. The van der Waals surface area contributed by atoms with Gasteiger partial charge in [0.05, 0.1) is 12.1 Å². The number of rotatable bonds is 3. The molecule has 0 aromatic carbocycles. The molecule has 23 heavy (non-hydrogen) atoms.